The topological polar surface area (TPSA) is 124 Å². The maximum absolute atomic E-state index is 13.6. The van der Waals surface area contributed by atoms with Crippen LogP contribution in [-0.2, 0) is 21.1 Å². The molecule has 3 unspecified atom stereocenters. The average Bonchev–Trinajstić information content (AvgIpc) is 3.11. The molecule has 30 heavy (non-hydrogen) atoms. The molecule has 11 heteroatoms. The number of carboxylic acids is 1. The number of aliphatic carboxylic acids is 1. The molecule has 1 saturated heterocycles. The van der Waals surface area contributed by atoms with E-state index in [0.29, 0.717) is 37.2 Å². The SMILES string of the molecule is O=C(O)C1CCN(c2n[nH]c3c2C(S(=O)(=O)c2c(Cl)cccc2Cl)CCC3)CC1O. The third kappa shape index (κ3) is 3.57. The van der Waals surface area contributed by atoms with Gasteiger partial charge in [-0.2, -0.15) is 5.10 Å². The number of anilines is 1. The lowest BCUT2D eigenvalue weighted by molar-refractivity contribution is -0.146. The van der Waals surface area contributed by atoms with Crippen molar-refractivity contribution in [3.8, 4) is 0 Å². The minimum absolute atomic E-state index is 0.0634. The highest BCUT2D eigenvalue weighted by Gasteiger charge is 2.41. The monoisotopic (exact) mass is 473 g/mol. The van der Waals surface area contributed by atoms with Gasteiger partial charge in [-0.15, -0.1) is 0 Å². The number of hydrogen-bond donors (Lipinski definition) is 3. The number of sulfone groups is 1. The Hall–Kier alpha value is -1.81. The molecule has 2 heterocycles. The number of nitrogens with zero attached hydrogens (tertiary/aromatic N) is 2. The summed E-state index contributed by atoms with van der Waals surface area (Å²) in [6.07, 6.45) is 0.868. The maximum Gasteiger partial charge on any atom is 0.309 e. The van der Waals surface area contributed by atoms with E-state index < -0.39 is 33.1 Å². The Balaban J connectivity index is 1.74. The molecule has 1 fully saturated rings. The van der Waals surface area contributed by atoms with Gasteiger partial charge in [0, 0.05) is 24.3 Å². The molecule has 4 rings (SSSR count). The lowest BCUT2D eigenvalue weighted by atomic mass is 9.92. The van der Waals surface area contributed by atoms with Crippen LogP contribution in [0.25, 0.3) is 0 Å². The molecule has 1 aromatic heterocycles. The summed E-state index contributed by atoms with van der Waals surface area (Å²) in [4.78, 5) is 12.9. The van der Waals surface area contributed by atoms with Gasteiger partial charge < -0.3 is 15.1 Å². The van der Waals surface area contributed by atoms with E-state index in [2.05, 4.69) is 10.2 Å². The molecule has 3 atom stereocenters. The quantitative estimate of drug-likeness (QED) is 0.623. The Morgan fingerprint density at radius 2 is 1.93 bits per heavy atom. The predicted molar refractivity (Wildman–Crippen MR) is 112 cm³/mol. The van der Waals surface area contributed by atoms with Crippen molar-refractivity contribution in [3.05, 3.63) is 39.5 Å². The Kier molecular flexibility index (Phi) is 5.73. The van der Waals surface area contributed by atoms with E-state index in [1.54, 1.807) is 11.0 Å². The number of carbonyl (C=O) groups is 1. The van der Waals surface area contributed by atoms with Gasteiger partial charge in [-0.05, 0) is 37.8 Å². The largest absolute Gasteiger partial charge is 0.481 e. The van der Waals surface area contributed by atoms with Crippen LogP contribution in [0.2, 0.25) is 10.0 Å². The summed E-state index contributed by atoms with van der Waals surface area (Å²) >= 11 is 12.4. The molecule has 2 aromatic rings. The highest BCUT2D eigenvalue weighted by Crippen LogP contribution is 2.46. The highest BCUT2D eigenvalue weighted by molar-refractivity contribution is 7.92. The fourth-order valence-electron chi connectivity index (χ4n) is 4.37. The van der Waals surface area contributed by atoms with Crippen LogP contribution in [0, 0.1) is 5.92 Å². The van der Waals surface area contributed by atoms with Crippen molar-refractivity contribution in [2.75, 3.05) is 18.0 Å². The van der Waals surface area contributed by atoms with Gasteiger partial charge in [-0.25, -0.2) is 8.42 Å². The Morgan fingerprint density at radius 3 is 2.57 bits per heavy atom. The van der Waals surface area contributed by atoms with E-state index in [4.69, 9.17) is 23.2 Å². The van der Waals surface area contributed by atoms with Crippen molar-refractivity contribution >= 4 is 44.8 Å². The molecule has 8 nitrogen and oxygen atoms in total. The number of aliphatic hydroxyl groups excluding tert-OH is 1. The van der Waals surface area contributed by atoms with E-state index >= 15 is 0 Å². The molecule has 0 bridgehead atoms. The maximum atomic E-state index is 13.6. The molecule has 0 radical (unpaired) electrons. The normalized spacial score (nSPS) is 24.5. The summed E-state index contributed by atoms with van der Waals surface area (Å²) in [5.74, 6) is -1.46. The van der Waals surface area contributed by atoms with Gasteiger partial charge in [0.1, 0.15) is 4.90 Å². The summed E-state index contributed by atoms with van der Waals surface area (Å²) in [6.45, 7) is 0.415. The van der Waals surface area contributed by atoms with Crippen LogP contribution in [0.5, 0.6) is 0 Å². The first-order valence-corrected chi connectivity index (χ1v) is 11.9. The Bertz CT molecular complexity index is 1070. The number of rotatable bonds is 4. The van der Waals surface area contributed by atoms with E-state index in [1.165, 1.54) is 12.1 Å². The fourth-order valence-corrected chi connectivity index (χ4v) is 7.42. The molecule has 0 saturated carbocycles. The molecule has 162 valence electrons. The molecular weight excluding hydrogens is 453 g/mol. The predicted octanol–water partition coefficient (Wildman–Crippen LogP) is 2.84. The van der Waals surface area contributed by atoms with Crippen LogP contribution >= 0.6 is 23.2 Å². The van der Waals surface area contributed by atoms with Crippen LogP contribution < -0.4 is 4.90 Å². The number of fused-ring (bicyclic) bond motifs is 1. The van der Waals surface area contributed by atoms with E-state index in [1.807, 2.05) is 0 Å². The van der Waals surface area contributed by atoms with Gasteiger partial charge in [0.15, 0.2) is 15.7 Å². The van der Waals surface area contributed by atoms with Gasteiger partial charge in [0.25, 0.3) is 0 Å². The third-order valence-electron chi connectivity index (χ3n) is 5.85. The third-order valence-corrected chi connectivity index (χ3v) is 8.94. The number of aliphatic hydroxyl groups is 1. The second kappa shape index (κ2) is 8.03. The van der Waals surface area contributed by atoms with Gasteiger partial charge in [-0.3, -0.25) is 9.89 Å². The summed E-state index contributed by atoms with van der Waals surface area (Å²) in [6, 6.07) is 4.58. The van der Waals surface area contributed by atoms with Crippen LogP contribution in [0.1, 0.15) is 35.8 Å². The van der Waals surface area contributed by atoms with Gasteiger partial charge in [0.05, 0.1) is 27.3 Å². The van der Waals surface area contributed by atoms with Crippen LogP contribution in [-0.4, -0.2) is 54.0 Å². The number of benzene rings is 1. The van der Waals surface area contributed by atoms with E-state index in [-0.39, 0.29) is 27.9 Å². The lowest BCUT2D eigenvalue weighted by Crippen LogP contribution is -2.47. The summed E-state index contributed by atoms with van der Waals surface area (Å²) in [5, 5.41) is 26.0. The van der Waals surface area contributed by atoms with Gasteiger partial charge >= 0.3 is 5.97 Å². The average molecular weight is 474 g/mol. The van der Waals surface area contributed by atoms with Gasteiger partial charge in [-0.1, -0.05) is 29.3 Å². The highest BCUT2D eigenvalue weighted by atomic mass is 35.5. The van der Waals surface area contributed by atoms with Gasteiger partial charge in [0.2, 0.25) is 0 Å². The molecule has 0 spiro atoms. The minimum Gasteiger partial charge on any atom is -0.481 e. The summed E-state index contributed by atoms with van der Waals surface area (Å²) in [7, 11) is -3.91. The van der Waals surface area contributed by atoms with E-state index in [0.717, 1.165) is 5.69 Å². The van der Waals surface area contributed by atoms with Crippen LogP contribution in [0.15, 0.2) is 23.1 Å². The molecule has 1 aliphatic carbocycles. The standard InChI is InChI=1S/C19H21Cl2N3O5S/c20-11-3-1-4-12(21)17(11)30(28,29)15-6-2-5-13-16(15)18(23-22-13)24-8-7-10(19(26)27)14(25)9-24/h1,3-4,10,14-15,25H,2,5-9H2,(H,22,23)(H,26,27). The first-order valence-electron chi connectivity index (χ1n) is 9.62. The van der Waals surface area contributed by atoms with Crippen molar-refractivity contribution in [1.82, 2.24) is 10.2 Å². The number of nitrogens with one attached hydrogen (secondary N) is 1. The lowest BCUT2D eigenvalue weighted by Gasteiger charge is -2.35. The molecule has 0 amide bonds. The Morgan fingerprint density at radius 1 is 1.23 bits per heavy atom. The second-order valence-electron chi connectivity index (χ2n) is 7.66. The van der Waals surface area contributed by atoms with E-state index in [9.17, 15) is 23.4 Å². The fraction of sp³-hybridized carbons (Fsp3) is 0.474. The summed E-state index contributed by atoms with van der Waals surface area (Å²) in [5.41, 5.74) is 1.28. The number of halogens is 2. The number of aromatic amines is 1. The molecule has 2 aliphatic rings. The zero-order chi connectivity index (χ0) is 21.6. The second-order valence-corrected chi connectivity index (χ2v) is 10.5. The van der Waals surface area contributed by atoms with Crippen molar-refractivity contribution < 1.29 is 23.4 Å². The smallest absolute Gasteiger partial charge is 0.309 e. The van der Waals surface area contributed by atoms with Crippen molar-refractivity contribution in [1.29, 1.82) is 0 Å². The molecule has 1 aromatic carbocycles. The van der Waals surface area contributed by atoms with Crippen LogP contribution in [0.4, 0.5) is 5.82 Å². The number of aryl methyl sites for hydroxylation is 1. The van der Waals surface area contributed by atoms with Crippen LogP contribution in [0.3, 0.4) is 0 Å². The first kappa shape index (κ1) is 21.4. The van der Waals surface area contributed by atoms with Crippen molar-refractivity contribution in [3.63, 3.8) is 0 Å². The number of aromatic nitrogens is 2. The first-order chi connectivity index (χ1) is 14.2. The van der Waals surface area contributed by atoms with Crippen molar-refractivity contribution in [2.24, 2.45) is 5.92 Å². The zero-order valence-electron chi connectivity index (χ0n) is 15.9. The zero-order valence-corrected chi connectivity index (χ0v) is 18.2. The number of carboxylic acid groups (broad SMARTS) is 1. The minimum atomic E-state index is -3.91. The summed E-state index contributed by atoms with van der Waals surface area (Å²) < 4.78 is 27.1. The molecule has 1 aliphatic heterocycles. The number of piperidine rings is 1. The number of β-amino-alcohol motifs (C(OH)–C–C–N with tert-alkyl or cyclic N) is 1. The number of hydrogen-bond acceptors (Lipinski definition) is 6. The number of H-pyrrole nitrogens is 1. The Labute approximate surface area is 183 Å². The molecule has 3 N–H and O–H groups in total. The molecular formula is C19H21Cl2N3O5S. The van der Waals surface area contributed by atoms with Crippen molar-refractivity contribution in [2.45, 2.75) is 41.9 Å².